The number of thiazole rings is 2. The average molecular weight is 780 g/mol. The number of nitrogens with zero attached hydrogens (tertiary/aromatic N) is 3. The van der Waals surface area contributed by atoms with Gasteiger partial charge < -0.3 is 30.9 Å². The highest BCUT2D eigenvalue weighted by molar-refractivity contribution is 7.09. The standard InChI is InChI=1S/C28H45N7O5S2.2C6H6/c1-7-21(9-8-19(4)31-28(39)40-15-23-13-29-17-42-23)33-26(37)24(10-11-30-20(5)36)34-27(38)35(6)14-22-16-41-25(32-22)12-18(2)3;2*1-2-4-6-5-3-1/h13,16-19,21,24H,7-12,14-15H2,1-6H3,(H,30,36)(H,31,39)(H,33,37)(H,34,38);2*1-6H. The summed E-state index contributed by atoms with van der Waals surface area (Å²) in [4.78, 5) is 60.7. The summed E-state index contributed by atoms with van der Waals surface area (Å²) in [5.74, 6) is -0.0430. The van der Waals surface area contributed by atoms with Crippen molar-refractivity contribution in [2.24, 2.45) is 5.92 Å². The Balaban J connectivity index is 0.000000703. The van der Waals surface area contributed by atoms with Crippen LogP contribution in [0.1, 0.15) is 75.9 Å². The second kappa shape index (κ2) is 26.9. The predicted octanol–water partition coefficient (Wildman–Crippen LogP) is 7.20. The average Bonchev–Trinajstić information content (AvgIpc) is 3.85. The lowest BCUT2D eigenvalue weighted by Crippen LogP contribution is -2.53. The zero-order valence-corrected chi connectivity index (χ0v) is 34.0. The SMILES string of the molecule is CCC(CCC(C)NC(=O)OCc1cncs1)NC(=O)C(CCNC(C)=O)NC(=O)N(C)Cc1csc(CC(C)C)n1.c1ccccc1.c1ccccc1. The fraction of sp³-hybridized carbons (Fsp3) is 0.450. The molecule has 4 rings (SSSR count). The topological polar surface area (TPSA) is 155 Å². The van der Waals surface area contributed by atoms with Gasteiger partial charge >= 0.3 is 12.1 Å². The maximum absolute atomic E-state index is 13.3. The molecule has 4 N–H and O–H groups in total. The van der Waals surface area contributed by atoms with Crippen LogP contribution < -0.4 is 21.3 Å². The van der Waals surface area contributed by atoms with E-state index in [1.165, 1.54) is 23.2 Å². The Morgan fingerprint density at radius 1 is 0.833 bits per heavy atom. The summed E-state index contributed by atoms with van der Waals surface area (Å²) in [5, 5.41) is 14.3. The van der Waals surface area contributed by atoms with Crippen molar-refractivity contribution >= 4 is 46.6 Å². The Bertz CT molecular complexity index is 1510. The fourth-order valence-electron chi connectivity index (χ4n) is 4.77. The highest BCUT2D eigenvalue weighted by atomic mass is 32.1. The summed E-state index contributed by atoms with van der Waals surface area (Å²) in [6, 6.07) is 22.4. The quantitative estimate of drug-likeness (QED) is 0.0884. The van der Waals surface area contributed by atoms with Crippen molar-refractivity contribution in [3.63, 3.8) is 0 Å². The number of ether oxygens (including phenoxy) is 1. The zero-order valence-electron chi connectivity index (χ0n) is 32.3. The lowest BCUT2D eigenvalue weighted by atomic mass is 10.0. The second-order valence-electron chi connectivity index (χ2n) is 13.1. The molecule has 3 unspecified atom stereocenters. The minimum absolute atomic E-state index is 0.165. The smallest absolute Gasteiger partial charge is 0.407 e. The number of nitrogens with one attached hydrogen (secondary N) is 4. The van der Waals surface area contributed by atoms with Crippen molar-refractivity contribution in [2.45, 2.75) is 98.0 Å². The third-order valence-corrected chi connectivity index (χ3v) is 9.34. The van der Waals surface area contributed by atoms with E-state index in [1.54, 1.807) is 30.1 Å². The van der Waals surface area contributed by atoms with Gasteiger partial charge in [-0.3, -0.25) is 14.6 Å². The van der Waals surface area contributed by atoms with E-state index in [-0.39, 0.29) is 43.5 Å². The Labute approximate surface area is 328 Å². The van der Waals surface area contributed by atoms with Crippen LogP contribution in [0.25, 0.3) is 0 Å². The van der Waals surface area contributed by atoms with Gasteiger partial charge in [-0.25, -0.2) is 14.6 Å². The van der Waals surface area contributed by atoms with E-state index < -0.39 is 18.2 Å². The molecule has 0 radical (unpaired) electrons. The molecule has 0 bridgehead atoms. The van der Waals surface area contributed by atoms with E-state index in [0.717, 1.165) is 22.0 Å². The maximum Gasteiger partial charge on any atom is 0.407 e. The number of hydrogen-bond donors (Lipinski definition) is 4. The number of aromatic nitrogens is 2. The van der Waals surface area contributed by atoms with Crippen LogP contribution in [-0.2, 0) is 33.9 Å². The Morgan fingerprint density at radius 3 is 1.96 bits per heavy atom. The molecule has 54 heavy (non-hydrogen) atoms. The Hall–Kier alpha value is -4.82. The van der Waals surface area contributed by atoms with Crippen molar-refractivity contribution in [2.75, 3.05) is 13.6 Å². The largest absolute Gasteiger partial charge is 0.444 e. The molecule has 2 heterocycles. The first-order valence-electron chi connectivity index (χ1n) is 18.3. The van der Waals surface area contributed by atoms with Crippen LogP contribution in [0.5, 0.6) is 0 Å². The highest BCUT2D eigenvalue weighted by Crippen LogP contribution is 2.15. The number of urea groups is 1. The van der Waals surface area contributed by atoms with Crippen LogP contribution in [0.4, 0.5) is 9.59 Å². The molecular weight excluding hydrogens is 723 g/mol. The predicted molar refractivity (Wildman–Crippen MR) is 217 cm³/mol. The lowest BCUT2D eigenvalue weighted by Gasteiger charge is -2.26. The first-order chi connectivity index (χ1) is 26.0. The van der Waals surface area contributed by atoms with E-state index in [0.29, 0.717) is 31.7 Å². The first kappa shape index (κ1) is 45.3. The Morgan fingerprint density at radius 2 is 1.44 bits per heavy atom. The summed E-state index contributed by atoms with van der Waals surface area (Å²) < 4.78 is 5.22. The van der Waals surface area contributed by atoms with Gasteiger partial charge in [-0.15, -0.1) is 22.7 Å². The molecule has 0 saturated carbocycles. The molecule has 0 saturated heterocycles. The maximum atomic E-state index is 13.3. The third-order valence-electron chi connectivity index (χ3n) is 7.66. The number of rotatable bonds is 17. The van der Waals surface area contributed by atoms with E-state index in [9.17, 15) is 19.2 Å². The summed E-state index contributed by atoms with van der Waals surface area (Å²) >= 11 is 2.99. The molecule has 3 atom stereocenters. The van der Waals surface area contributed by atoms with Crippen molar-refractivity contribution in [1.82, 2.24) is 36.1 Å². The molecule has 0 aliphatic carbocycles. The van der Waals surface area contributed by atoms with Crippen LogP contribution in [-0.4, -0.2) is 70.5 Å². The minimum atomic E-state index is -0.843. The molecule has 4 aromatic rings. The monoisotopic (exact) mass is 779 g/mol. The summed E-state index contributed by atoms with van der Waals surface area (Å²) in [6.45, 7) is 10.2. The molecular formula is C40H57N7O5S2. The van der Waals surface area contributed by atoms with Crippen molar-refractivity contribution in [3.8, 4) is 0 Å². The molecule has 0 aliphatic heterocycles. The summed E-state index contributed by atoms with van der Waals surface area (Å²) in [7, 11) is 1.66. The number of alkyl carbamates (subject to hydrolysis) is 1. The zero-order chi connectivity index (χ0) is 39.6. The van der Waals surface area contributed by atoms with Crippen molar-refractivity contribution in [3.05, 3.63) is 105 Å². The lowest BCUT2D eigenvalue weighted by molar-refractivity contribution is -0.124. The van der Waals surface area contributed by atoms with E-state index in [1.807, 2.05) is 92.0 Å². The van der Waals surface area contributed by atoms with Gasteiger partial charge in [0.2, 0.25) is 11.8 Å². The number of carbonyl (C=O) groups excluding carboxylic acids is 4. The molecule has 5 amide bonds. The number of carbonyl (C=O) groups is 4. The molecule has 2 aromatic heterocycles. The number of hydrogen-bond acceptors (Lipinski definition) is 9. The van der Waals surface area contributed by atoms with E-state index in [4.69, 9.17) is 4.74 Å². The molecule has 294 valence electrons. The summed E-state index contributed by atoms with van der Waals surface area (Å²) in [5.41, 5.74) is 2.48. The normalized spacial score (nSPS) is 12.0. The molecule has 0 aliphatic rings. The molecule has 0 fully saturated rings. The van der Waals surface area contributed by atoms with Crippen LogP contribution >= 0.6 is 22.7 Å². The van der Waals surface area contributed by atoms with E-state index >= 15 is 0 Å². The van der Waals surface area contributed by atoms with Crippen LogP contribution in [0.15, 0.2) is 89.9 Å². The van der Waals surface area contributed by atoms with Gasteiger partial charge in [0.25, 0.3) is 0 Å². The Kier molecular flexibility index (Phi) is 22.6. The molecule has 14 heteroatoms. The van der Waals surface area contributed by atoms with Gasteiger partial charge in [-0.2, -0.15) is 0 Å². The van der Waals surface area contributed by atoms with E-state index in [2.05, 4.69) is 45.1 Å². The van der Waals surface area contributed by atoms with Gasteiger partial charge in [0.05, 0.1) is 27.6 Å². The van der Waals surface area contributed by atoms with Crippen LogP contribution in [0, 0.1) is 5.92 Å². The molecule has 0 spiro atoms. The third kappa shape index (κ3) is 21.0. The van der Waals surface area contributed by atoms with Crippen molar-refractivity contribution < 1.29 is 23.9 Å². The van der Waals surface area contributed by atoms with Gasteiger partial charge in [0, 0.05) is 50.6 Å². The molecule has 2 aromatic carbocycles. The van der Waals surface area contributed by atoms with Gasteiger partial charge in [-0.05, 0) is 38.5 Å². The first-order valence-corrected chi connectivity index (χ1v) is 20.0. The van der Waals surface area contributed by atoms with Crippen molar-refractivity contribution in [1.29, 1.82) is 0 Å². The van der Waals surface area contributed by atoms with Crippen LogP contribution in [0.2, 0.25) is 0 Å². The van der Waals surface area contributed by atoms with Gasteiger partial charge in [-0.1, -0.05) is 93.6 Å². The molecule has 12 nitrogen and oxygen atoms in total. The second-order valence-corrected chi connectivity index (χ2v) is 15.0. The van der Waals surface area contributed by atoms with Gasteiger partial charge in [0.15, 0.2) is 0 Å². The number of benzene rings is 2. The highest BCUT2D eigenvalue weighted by Gasteiger charge is 2.25. The minimum Gasteiger partial charge on any atom is -0.444 e. The number of amides is 5. The fourth-order valence-corrected chi connectivity index (χ4v) is 6.27. The van der Waals surface area contributed by atoms with Crippen LogP contribution in [0.3, 0.4) is 0 Å². The van der Waals surface area contributed by atoms with Gasteiger partial charge in [0.1, 0.15) is 12.6 Å². The summed E-state index contributed by atoms with van der Waals surface area (Å²) in [6.07, 6.45) is 4.18.